The summed E-state index contributed by atoms with van der Waals surface area (Å²) in [5.41, 5.74) is 1.05. The number of hydrogen-bond donors (Lipinski definition) is 1. The fourth-order valence-corrected chi connectivity index (χ4v) is 4.91. The minimum absolute atomic E-state index is 0.0129. The van der Waals surface area contributed by atoms with Crippen LogP contribution in [0.3, 0.4) is 0 Å². The molecular weight excluding hydrogens is 314 g/mol. The van der Waals surface area contributed by atoms with E-state index in [1.807, 2.05) is 25.7 Å². The Morgan fingerprint density at radius 3 is 2.73 bits per heavy atom. The van der Waals surface area contributed by atoms with Crippen LogP contribution in [0.15, 0.2) is 0 Å². The number of rotatable bonds is 5. The van der Waals surface area contributed by atoms with Crippen molar-refractivity contribution in [1.29, 1.82) is 0 Å². The largest absolute Gasteiger partial charge is 0.337 e. The molecule has 1 aliphatic rings. The molecule has 1 fully saturated rings. The number of nitrogens with zero attached hydrogens (tertiary/aromatic N) is 2. The van der Waals surface area contributed by atoms with E-state index < -0.39 is 0 Å². The van der Waals surface area contributed by atoms with E-state index in [4.69, 9.17) is 0 Å². The molecule has 0 aromatic carbocycles. The second-order valence-corrected chi connectivity index (χ2v) is 8.73. The van der Waals surface area contributed by atoms with Gasteiger partial charge in [0.05, 0.1) is 16.7 Å². The van der Waals surface area contributed by atoms with Gasteiger partial charge in [-0.25, -0.2) is 9.78 Å². The first kappa shape index (κ1) is 17.6. The van der Waals surface area contributed by atoms with Crippen LogP contribution < -0.4 is 5.32 Å². The van der Waals surface area contributed by atoms with E-state index in [1.54, 1.807) is 16.2 Å². The Kier molecular flexibility index (Phi) is 6.15. The van der Waals surface area contributed by atoms with Crippen molar-refractivity contribution in [3.8, 4) is 0 Å². The third-order valence-corrected chi connectivity index (χ3v) is 7.16. The first-order chi connectivity index (χ1) is 10.4. The number of amides is 2. The van der Waals surface area contributed by atoms with Crippen molar-refractivity contribution in [3.63, 3.8) is 0 Å². The van der Waals surface area contributed by atoms with E-state index in [9.17, 15) is 4.79 Å². The summed E-state index contributed by atoms with van der Waals surface area (Å²) in [4.78, 5) is 20.0. The molecule has 1 aromatic rings. The Morgan fingerprint density at radius 1 is 1.45 bits per heavy atom. The van der Waals surface area contributed by atoms with Crippen LogP contribution in [0.1, 0.15) is 61.2 Å². The molecule has 2 atom stereocenters. The molecule has 0 unspecified atom stereocenters. The Morgan fingerprint density at radius 2 is 2.18 bits per heavy atom. The molecule has 6 heteroatoms. The zero-order chi connectivity index (χ0) is 16.3. The van der Waals surface area contributed by atoms with Gasteiger partial charge in [0, 0.05) is 29.6 Å². The number of urea groups is 1. The summed E-state index contributed by atoms with van der Waals surface area (Å²) < 4.78 is 0. The topological polar surface area (TPSA) is 45.2 Å². The molecule has 1 saturated heterocycles. The van der Waals surface area contributed by atoms with Gasteiger partial charge in [-0.3, -0.25) is 0 Å². The van der Waals surface area contributed by atoms with Gasteiger partial charge >= 0.3 is 6.03 Å². The Labute approximate surface area is 142 Å². The van der Waals surface area contributed by atoms with Crippen LogP contribution in [0.2, 0.25) is 0 Å². The lowest BCUT2D eigenvalue weighted by molar-refractivity contribution is 0.195. The van der Waals surface area contributed by atoms with Crippen LogP contribution in [0.5, 0.6) is 0 Å². The molecule has 0 aliphatic carbocycles. The monoisotopic (exact) mass is 341 g/mol. The summed E-state index contributed by atoms with van der Waals surface area (Å²) in [6.45, 7) is 9.20. The quantitative estimate of drug-likeness (QED) is 0.874. The van der Waals surface area contributed by atoms with Gasteiger partial charge < -0.3 is 10.2 Å². The third-order valence-electron chi connectivity index (χ3n) is 4.13. The molecule has 0 radical (unpaired) electrons. The van der Waals surface area contributed by atoms with Crippen LogP contribution in [0.25, 0.3) is 0 Å². The highest BCUT2D eigenvalue weighted by atomic mass is 32.2. The molecule has 124 valence electrons. The smallest absolute Gasteiger partial charge is 0.317 e. The molecule has 4 nitrogen and oxygen atoms in total. The second kappa shape index (κ2) is 7.68. The van der Waals surface area contributed by atoms with Crippen LogP contribution in [0, 0.1) is 6.92 Å². The molecule has 2 rings (SSSR count). The van der Waals surface area contributed by atoms with Gasteiger partial charge in [0.25, 0.3) is 0 Å². The number of thioether (sulfide) groups is 1. The lowest BCUT2D eigenvalue weighted by Crippen LogP contribution is -2.41. The molecule has 1 N–H and O–H groups in total. The van der Waals surface area contributed by atoms with Crippen molar-refractivity contribution in [2.24, 2.45) is 0 Å². The molecule has 22 heavy (non-hydrogen) atoms. The highest BCUT2D eigenvalue weighted by Gasteiger charge is 2.23. The summed E-state index contributed by atoms with van der Waals surface area (Å²) >= 11 is 3.70. The van der Waals surface area contributed by atoms with Crippen LogP contribution in [0.4, 0.5) is 4.79 Å². The maximum Gasteiger partial charge on any atom is 0.317 e. The first-order valence-corrected chi connectivity index (χ1v) is 9.86. The van der Waals surface area contributed by atoms with Gasteiger partial charge in [-0.1, -0.05) is 13.8 Å². The van der Waals surface area contributed by atoms with Crippen molar-refractivity contribution >= 4 is 29.1 Å². The molecule has 2 amide bonds. The Balaban J connectivity index is 1.95. The molecule has 0 saturated carbocycles. The second-order valence-electron chi connectivity index (χ2n) is 6.26. The fraction of sp³-hybridized carbons (Fsp3) is 0.750. The van der Waals surface area contributed by atoms with Crippen LogP contribution in [-0.2, 0) is 0 Å². The predicted molar refractivity (Wildman–Crippen MR) is 96.0 cm³/mol. The van der Waals surface area contributed by atoms with E-state index >= 15 is 0 Å². The summed E-state index contributed by atoms with van der Waals surface area (Å²) in [6, 6.07) is 0.0696. The lowest BCUT2D eigenvalue weighted by atomic mass is 10.2. The molecule has 1 aliphatic heterocycles. The van der Waals surface area contributed by atoms with E-state index in [0.717, 1.165) is 17.2 Å². The number of carbonyl (C=O) groups is 1. The van der Waals surface area contributed by atoms with Crippen molar-refractivity contribution in [1.82, 2.24) is 15.2 Å². The molecular formula is C16H27N3OS2. The van der Waals surface area contributed by atoms with E-state index in [-0.39, 0.29) is 12.1 Å². The predicted octanol–water partition coefficient (Wildman–Crippen LogP) is 4.17. The van der Waals surface area contributed by atoms with Gasteiger partial charge in [0.2, 0.25) is 0 Å². The highest BCUT2D eigenvalue weighted by molar-refractivity contribution is 8.00. The van der Waals surface area contributed by atoms with Gasteiger partial charge in [-0.15, -0.1) is 11.3 Å². The normalized spacial score (nSPS) is 19.5. The standard InChI is InChI=1S/C16H27N3OS2/c1-10(2)15-18-11(3)14(22-15)12(4)19(5)16(20)17-9-13-7-6-8-21-13/h10,12-13H,6-9H2,1-5H3,(H,17,20)/t12-,13-/m0/s1. The molecule has 0 spiro atoms. The molecule has 2 heterocycles. The SMILES string of the molecule is Cc1nc(C(C)C)sc1[C@H](C)N(C)C(=O)NC[C@@H]1CCCS1. The summed E-state index contributed by atoms with van der Waals surface area (Å²) in [6.07, 6.45) is 2.49. The van der Waals surface area contributed by atoms with Crippen LogP contribution >= 0.6 is 23.1 Å². The maximum atomic E-state index is 12.4. The average Bonchev–Trinajstić information content (AvgIpc) is 3.12. The van der Waals surface area contributed by atoms with Crippen LogP contribution in [-0.4, -0.2) is 40.5 Å². The van der Waals surface area contributed by atoms with Gasteiger partial charge in [-0.2, -0.15) is 11.8 Å². The molecule has 1 aromatic heterocycles. The fourth-order valence-electron chi connectivity index (χ4n) is 2.55. The zero-order valence-corrected chi connectivity index (χ0v) is 15.8. The van der Waals surface area contributed by atoms with Crippen molar-refractivity contribution in [2.75, 3.05) is 19.3 Å². The minimum atomic E-state index is 0.0129. The summed E-state index contributed by atoms with van der Waals surface area (Å²) in [5.74, 6) is 1.66. The number of aryl methyl sites for hydroxylation is 1. The number of hydrogen-bond acceptors (Lipinski definition) is 4. The maximum absolute atomic E-state index is 12.4. The van der Waals surface area contributed by atoms with E-state index in [2.05, 4.69) is 31.1 Å². The minimum Gasteiger partial charge on any atom is -0.337 e. The number of aromatic nitrogens is 1. The zero-order valence-electron chi connectivity index (χ0n) is 14.2. The summed E-state index contributed by atoms with van der Waals surface area (Å²) in [5, 5.41) is 4.81. The number of carbonyl (C=O) groups excluding carboxylic acids is 1. The van der Waals surface area contributed by atoms with Gasteiger partial charge in [0.15, 0.2) is 0 Å². The lowest BCUT2D eigenvalue weighted by Gasteiger charge is -2.25. The van der Waals surface area contributed by atoms with E-state index in [1.165, 1.54) is 23.5 Å². The molecule has 0 bridgehead atoms. The van der Waals surface area contributed by atoms with Gasteiger partial charge in [0.1, 0.15) is 0 Å². The number of nitrogens with one attached hydrogen (secondary N) is 1. The van der Waals surface area contributed by atoms with Gasteiger partial charge in [-0.05, 0) is 32.4 Å². The average molecular weight is 342 g/mol. The Hall–Kier alpha value is -0.750. The summed E-state index contributed by atoms with van der Waals surface area (Å²) in [7, 11) is 1.87. The van der Waals surface area contributed by atoms with Crippen molar-refractivity contribution < 1.29 is 4.79 Å². The third kappa shape index (κ3) is 4.16. The first-order valence-electron chi connectivity index (χ1n) is 7.99. The van der Waals surface area contributed by atoms with E-state index in [0.29, 0.717) is 11.2 Å². The Bertz CT molecular complexity index is 509. The van der Waals surface area contributed by atoms with Crippen molar-refractivity contribution in [3.05, 3.63) is 15.6 Å². The number of thiazole rings is 1. The highest BCUT2D eigenvalue weighted by Crippen LogP contribution is 2.32. The van der Waals surface area contributed by atoms with Crippen molar-refractivity contribution in [2.45, 2.75) is 57.7 Å².